The Morgan fingerprint density at radius 3 is 2.65 bits per heavy atom. The van der Waals surface area contributed by atoms with Crippen LogP contribution in [0.5, 0.6) is 11.5 Å². The number of methoxy groups -OCH3 is 1. The molecule has 0 saturated heterocycles. The highest BCUT2D eigenvalue weighted by molar-refractivity contribution is 6.05. The van der Waals surface area contributed by atoms with Crippen LogP contribution < -0.4 is 10.1 Å². The van der Waals surface area contributed by atoms with Gasteiger partial charge in [0.05, 0.1) is 7.11 Å². The Labute approximate surface area is 115 Å². The van der Waals surface area contributed by atoms with Crippen molar-refractivity contribution in [2.45, 2.75) is 6.92 Å². The van der Waals surface area contributed by atoms with Crippen molar-refractivity contribution in [2.75, 3.05) is 12.4 Å². The molecule has 0 aromatic heterocycles. The summed E-state index contributed by atoms with van der Waals surface area (Å²) in [5.74, 6) is -0.709. The van der Waals surface area contributed by atoms with Gasteiger partial charge in [-0.1, -0.05) is 6.07 Å². The molecule has 0 saturated carbocycles. The Balaban J connectivity index is 2.24. The van der Waals surface area contributed by atoms with Crippen LogP contribution in [0.2, 0.25) is 0 Å². The molecule has 104 valence electrons. The summed E-state index contributed by atoms with van der Waals surface area (Å²) in [6.07, 6.45) is 0. The van der Waals surface area contributed by atoms with Crippen molar-refractivity contribution in [3.8, 4) is 11.5 Å². The molecule has 2 N–H and O–H groups in total. The summed E-state index contributed by atoms with van der Waals surface area (Å²) in [5.41, 5.74) is 1.40. The largest absolute Gasteiger partial charge is 0.504 e. The molecule has 0 radical (unpaired) electrons. The predicted molar refractivity (Wildman–Crippen MR) is 73.7 cm³/mol. The van der Waals surface area contributed by atoms with Gasteiger partial charge in [-0.2, -0.15) is 0 Å². The zero-order chi connectivity index (χ0) is 14.7. The second-order valence-electron chi connectivity index (χ2n) is 4.30. The lowest BCUT2D eigenvalue weighted by Gasteiger charge is -2.09. The van der Waals surface area contributed by atoms with Crippen molar-refractivity contribution in [3.63, 3.8) is 0 Å². The Morgan fingerprint density at radius 2 is 2.00 bits per heavy atom. The first-order chi connectivity index (χ1) is 9.51. The summed E-state index contributed by atoms with van der Waals surface area (Å²) in [6.45, 7) is 1.76. The summed E-state index contributed by atoms with van der Waals surface area (Å²) in [5, 5.41) is 12.2. The third-order valence-corrected chi connectivity index (χ3v) is 2.89. The lowest BCUT2D eigenvalue weighted by molar-refractivity contribution is 0.102. The number of carbonyl (C=O) groups excluding carboxylic acids is 1. The highest BCUT2D eigenvalue weighted by Gasteiger charge is 2.11. The lowest BCUT2D eigenvalue weighted by atomic mass is 10.1. The van der Waals surface area contributed by atoms with Crippen LogP contribution in [0.15, 0.2) is 36.4 Å². The van der Waals surface area contributed by atoms with E-state index in [9.17, 15) is 14.3 Å². The standard InChI is InChI=1S/C15H14FNO3/c1-9-3-5-11(16)8-12(9)17-15(19)10-4-6-14(20-2)13(18)7-10/h3-8,18H,1-2H3,(H,17,19). The number of phenols is 1. The molecular formula is C15H14FNO3. The number of rotatable bonds is 3. The average Bonchev–Trinajstić information content (AvgIpc) is 2.42. The Hall–Kier alpha value is -2.56. The first kappa shape index (κ1) is 13.9. The van der Waals surface area contributed by atoms with Crippen LogP contribution in [-0.2, 0) is 0 Å². The second kappa shape index (κ2) is 5.61. The molecule has 0 aliphatic carbocycles. The molecule has 2 rings (SSSR count). The van der Waals surface area contributed by atoms with Gasteiger partial charge in [-0.05, 0) is 42.8 Å². The van der Waals surface area contributed by atoms with Crippen molar-refractivity contribution >= 4 is 11.6 Å². The van der Waals surface area contributed by atoms with Gasteiger partial charge in [-0.15, -0.1) is 0 Å². The fourth-order valence-electron chi connectivity index (χ4n) is 1.75. The molecule has 0 heterocycles. The van der Waals surface area contributed by atoms with Gasteiger partial charge in [0.15, 0.2) is 11.5 Å². The van der Waals surface area contributed by atoms with Crippen LogP contribution >= 0.6 is 0 Å². The topological polar surface area (TPSA) is 58.6 Å². The maximum absolute atomic E-state index is 13.2. The molecule has 4 nitrogen and oxygen atoms in total. The molecule has 1 amide bonds. The van der Waals surface area contributed by atoms with E-state index in [0.717, 1.165) is 5.56 Å². The number of phenolic OH excluding ortho intramolecular Hbond substituents is 1. The predicted octanol–water partition coefficient (Wildman–Crippen LogP) is 3.10. The normalized spacial score (nSPS) is 10.2. The van der Waals surface area contributed by atoms with Crippen LogP contribution in [0.3, 0.4) is 0 Å². The highest BCUT2D eigenvalue weighted by atomic mass is 19.1. The first-order valence-corrected chi connectivity index (χ1v) is 5.96. The van der Waals surface area contributed by atoms with Crippen molar-refractivity contribution in [2.24, 2.45) is 0 Å². The number of halogens is 1. The number of benzene rings is 2. The summed E-state index contributed by atoms with van der Waals surface area (Å²) in [4.78, 5) is 12.0. The van der Waals surface area contributed by atoms with Gasteiger partial charge in [0.2, 0.25) is 0 Å². The van der Waals surface area contributed by atoms with Crippen LogP contribution in [0.1, 0.15) is 15.9 Å². The van der Waals surface area contributed by atoms with Crippen molar-refractivity contribution in [1.29, 1.82) is 0 Å². The minimum absolute atomic E-state index is 0.129. The molecule has 0 bridgehead atoms. The fraction of sp³-hybridized carbons (Fsp3) is 0.133. The highest BCUT2D eigenvalue weighted by Crippen LogP contribution is 2.26. The number of hydrogen-bond donors (Lipinski definition) is 2. The Bertz CT molecular complexity index is 656. The van der Waals surface area contributed by atoms with E-state index in [1.54, 1.807) is 13.0 Å². The molecule has 0 fully saturated rings. The first-order valence-electron chi connectivity index (χ1n) is 5.96. The number of nitrogens with one attached hydrogen (secondary N) is 1. The summed E-state index contributed by atoms with van der Waals surface area (Å²) in [7, 11) is 1.42. The van der Waals surface area contributed by atoms with Gasteiger partial charge in [-0.3, -0.25) is 4.79 Å². The maximum atomic E-state index is 13.2. The van der Waals surface area contributed by atoms with E-state index < -0.39 is 11.7 Å². The van der Waals surface area contributed by atoms with Crippen molar-refractivity contribution in [3.05, 3.63) is 53.3 Å². The number of aryl methyl sites for hydroxylation is 1. The molecule has 0 aliphatic heterocycles. The van der Waals surface area contributed by atoms with Crippen LogP contribution in [0, 0.1) is 12.7 Å². The third kappa shape index (κ3) is 2.88. The molecule has 0 unspecified atom stereocenters. The van der Waals surface area contributed by atoms with Crippen molar-refractivity contribution < 1.29 is 19.0 Å². The van der Waals surface area contributed by atoms with E-state index in [1.807, 2.05) is 0 Å². The maximum Gasteiger partial charge on any atom is 0.255 e. The lowest BCUT2D eigenvalue weighted by Crippen LogP contribution is -2.12. The molecular weight excluding hydrogens is 261 g/mol. The average molecular weight is 275 g/mol. The van der Waals surface area contributed by atoms with Gasteiger partial charge in [0.1, 0.15) is 5.82 Å². The van der Waals surface area contributed by atoms with E-state index in [0.29, 0.717) is 5.69 Å². The van der Waals surface area contributed by atoms with E-state index in [4.69, 9.17) is 4.74 Å². The number of anilines is 1. The zero-order valence-corrected chi connectivity index (χ0v) is 11.1. The second-order valence-corrected chi connectivity index (χ2v) is 4.30. The van der Waals surface area contributed by atoms with E-state index in [-0.39, 0.29) is 17.1 Å². The molecule has 5 heteroatoms. The van der Waals surface area contributed by atoms with Crippen LogP contribution in [0.25, 0.3) is 0 Å². The van der Waals surface area contributed by atoms with Crippen LogP contribution in [-0.4, -0.2) is 18.1 Å². The molecule has 2 aromatic carbocycles. The smallest absolute Gasteiger partial charge is 0.255 e. The minimum Gasteiger partial charge on any atom is -0.504 e. The number of carbonyl (C=O) groups is 1. The fourth-order valence-corrected chi connectivity index (χ4v) is 1.75. The van der Waals surface area contributed by atoms with Gasteiger partial charge >= 0.3 is 0 Å². The number of ether oxygens (including phenoxy) is 1. The van der Waals surface area contributed by atoms with Gasteiger partial charge in [0, 0.05) is 11.3 Å². The van der Waals surface area contributed by atoms with E-state index in [2.05, 4.69) is 5.32 Å². The number of amides is 1. The SMILES string of the molecule is COc1ccc(C(=O)Nc2cc(F)ccc2C)cc1O. The molecule has 0 spiro atoms. The monoisotopic (exact) mass is 275 g/mol. The summed E-state index contributed by atoms with van der Waals surface area (Å²) in [6, 6.07) is 8.45. The molecule has 0 aliphatic rings. The van der Waals surface area contributed by atoms with Crippen LogP contribution in [0.4, 0.5) is 10.1 Å². The third-order valence-electron chi connectivity index (χ3n) is 2.89. The summed E-state index contributed by atoms with van der Waals surface area (Å²) >= 11 is 0. The number of hydrogen-bond acceptors (Lipinski definition) is 3. The van der Waals surface area contributed by atoms with Crippen molar-refractivity contribution in [1.82, 2.24) is 0 Å². The summed E-state index contributed by atoms with van der Waals surface area (Å²) < 4.78 is 18.1. The van der Waals surface area contributed by atoms with E-state index in [1.165, 1.54) is 37.4 Å². The number of aromatic hydroxyl groups is 1. The van der Waals surface area contributed by atoms with Gasteiger partial charge in [0.25, 0.3) is 5.91 Å². The molecule has 2 aromatic rings. The molecule has 0 atom stereocenters. The Morgan fingerprint density at radius 1 is 1.25 bits per heavy atom. The quantitative estimate of drug-likeness (QED) is 0.905. The van der Waals surface area contributed by atoms with Gasteiger partial charge < -0.3 is 15.2 Å². The van der Waals surface area contributed by atoms with E-state index >= 15 is 0 Å². The minimum atomic E-state index is -0.434. The zero-order valence-electron chi connectivity index (χ0n) is 11.1. The Kier molecular flexibility index (Phi) is 3.89. The van der Waals surface area contributed by atoms with Gasteiger partial charge in [-0.25, -0.2) is 4.39 Å². The molecule has 20 heavy (non-hydrogen) atoms.